The number of piperidine rings is 2. The van der Waals surface area contributed by atoms with Gasteiger partial charge in [-0.3, -0.25) is 15.8 Å². The average Bonchev–Trinajstić information content (AvgIpc) is 2.96. The third kappa shape index (κ3) is 3.06. The Kier molecular flexibility index (Phi) is 4.19. The van der Waals surface area contributed by atoms with Crippen LogP contribution in [0.15, 0.2) is 12.4 Å². The molecule has 3 aliphatic rings. The van der Waals surface area contributed by atoms with Crippen LogP contribution >= 0.6 is 0 Å². The predicted octanol–water partition coefficient (Wildman–Crippen LogP) is -0.0804. The minimum atomic E-state index is 0.249. The maximum Gasteiger partial charge on any atom is 0.147 e. The summed E-state index contributed by atoms with van der Waals surface area (Å²) >= 11 is 0. The molecule has 3 saturated heterocycles. The van der Waals surface area contributed by atoms with Gasteiger partial charge >= 0.3 is 0 Å². The van der Waals surface area contributed by atoms with Gasteiger partial charge in [-0.25, -0.2) is 4.98 Å². The lowest BCUT2D eigenvalue weighted by Crippen LogP contribution is -2.47. The van der Waals surface area contributed by atoms with E-state index in [4.69, 9.17) is 10.7 Å². The fourth-order valence-electron chi connectivity index (χ4n) is 4.13. The van der Waals surface area contributed by atoms with Gasteiger partial charge in [0, 0.05) is 37.8 Å². The van der Waals surface area contributed by atoms with Gasteiger partial charge in [-0.15, -0.1) is 0 Å². The van der Waals surface area contributed by atoms with Crippen molar-refractivity contribution in [2.75, 3.05) is 24.5 Å². The van der Waals surface area contributed by atoms with E-state index in [1.807, 2.05) is 12.4 Å². The van der Waals surface area contributed by atoms with Crippen LogP contribution in [0.25, 0.3) is 0 Å². The van der Waals surface area contributed by atoms with Crippen LogP contribution in [0.1, 0.15) is 37.9 Å². The molecule has 5 atom stereocenters. The van der Waals surface area contributed by atoms with E-state index in [2.05, 4.69) is 33.0 Å². The van der Waals surface area contributed by atoms with E-state index in [1.54, 1.807) is 0 Å². The molecule has 1 aromatic heterocycles. The highest BCUT2D eigenvalue weighted by molar-refractivity contribution is 5.37. The molecule has 7 nitrogen and oxygen atoms in total. The van der Waals surface area contributed by atoms with Crippen LogP contribution in [-0.2, 0) is 0 Å². The van der Waals surface area contributed by atoms with Crippen LogP contribution in [-0.4, -0.2) is 47.7 Å². The first-order chi connectivity index (χ1) is 11.2. The number of hydrazine groups is 1. The molecule has 1 aromatic rings. The first-order valence-corrected chi connectivity index (χ1v) is 8.77. The number of nitrogens with one attached hydrogen (secondary N) is 3. The van der Waals surface area contributed by atoms with Gasteiger partial charge in [-0.2, -0.15) is 0 Å². The highest BCUT2D eigenvalue weighted by Gasteiger charge is 2.39. The van der Waals surface area contributed by atoms with Crippen molar-refractivity contribution in [3.63, 3.8) is 0 Å². The predicted molar refractivity (Wildman–Crippen MR) is 89.8 cm³/mol. The number of rotatable bonds is 2. The quantitative estimate of drug-likeness (QED) is 0.606. The molecular weight excluding hydrogens is 290 g/mol. The number of nitrogens with two attached hydrogens (primary N) is 1. The summed E-state index contributed by atoms with van der Waals surface area (Å²) in [7, 11) is 0. The normalized spacial score (nSPS) is 37.7. The van der Waals surface area contributed by atoms with E-state index in [0.717, 1.165) is 50.4 Å². The Labute approximate surface area is 137 Å². The monoisotopic (exact) mass is 317 g/mol. The topological polar surface area (TPSA) is 91.1 Å². The van der Waals surface area contributed by atoms with E-state index in [0.29, 0.717) is 18.0 Å². The van der Waals surface area contributed by atoms with Crippen molar-refractivity contribution in [1.82, 2.24) is 26.1 Å². The van der Waals surface area contributed by atoms with Crippen molar-refractivity contribution in [2.24, 2.45) is 11.7 Å². The summed E-state index contributed by atoms with van der Waals surface area (Å²) in [6, 6.07) is 1.55. The second-order valence-corrected chi connectivity index (χ2v) is 7.19. The molecule has 0 spiro atoms. The molecule has 0 aliphatic carbocycles. The highest BCUT2D eigenvalue weighted by atomic mass is 15.4. The zero-order valence-corrected chi connectivity index (χ0v) is 13.7. The van der Waals surface area contributed by atoms with Crippen LogP contribution in [0.5, 0.6) is 0 Å². The fourth-order valence-corrected chi connectivity index (χ4v) is 4.13. The molecule has 0 aromatic carbocycles. The van der Waals surface area contributed by atoms with Crippen molar-refractivity contribution in [3.05, 3.63) is 18.1 Å². The molecule has 3 aliphatic heterocycles. The average molecular weight is 317 g/mol. The molecule has 0 bridgehead atoms. The Hall–Kier alpha value is -1.28. The fraction of sp³-hybridized carbons (Fsp3) is 0.750. The first-order valence-electron chi connectivity index (χ1n) is 8.77. The van der Waals surface area contributed by atoms with Gasteiger partial charge < -0.3 is 16.0 Å². The minimum Gasteiger partial charge on any atom is -0.354 e. The molecule has 0 amide bonds. The maximum absolute atomic E-state index is 6.10. The lowest BCUT2D eigenvalue weighted by molar-refractivity contribution is 0.267. The van der Waals surface area contributed by atoms with Crippen molar-refractivity contribution in [2.45, 2.75) is 50.4 Å². The number of nitrogens with zero attached hydrogens (tertiary/aromatic N) is 3. The third-order valence-corrected chi connectivity index (χ3v) is 5.53. The zero-order valence-electron chi connectivity index (χ0n) is 13.7. The second-order valence-electron chi connectivity index (χ2n) is 7.19. The summed E-state index contributed by atoms with van der Waals surface area (Å²) in [6.07, 6.45) is 7.10. The molecule has 4 unspecified atom stereocenters. The van der Waals surface area contributed by atoms with Crippen LogP contribution in [0, 0.1) is 5.92 Å². The Bertz CT molecular complexity index is 551. The molecule has 5 N–H and O–H groups in total. The molecule has 4 heterocycles. The lowest BCUT2D eigenvalue weighted by Gasteiger charge is -2.34. The van der Waals surface area contributed by atoms with Gasteiger partial charge in [0.1, 0.15) is 5.82 Å². The van der Waals surface area contributed by atoms with Gasteiger partial charge in [-0.05, 0) is 32.1 Å². The van der Waals surface area contributed by atoms with Crippen LogP contribution in [0.4, 0.5) is 5.82 Å². The van der Waals surface area contributed by atoms with Crippen LogP contribution in [0.3, 0.4) is 0 Å². The van der Waals surface area contributed by atoms with Gasteiger partial charge in [0.15, 0.2) is 0 Å². The Morgan fingerprint density at radius 2 is 2.22 bits per heavy atom. The Morgan fingerprint density at radius 1 is 1.30 bits per heavy atom. The smallest absolute Gasteiger partial charge is 0.147 e. The number of anilines is 1. The minimum absolute atomic E-state index is 0.249. The van der Waals surface area contributed by atoms with Gasteiger partial charge in [-0.1, -0.05) is 0 Å². The van der Waals surface area contributed by atoms with Crippen molar-refractivity contribution in [3.8, 4) is 0 Å². The first kappa shape index (κ1) is 15.3. The van der Waals surface area contributed by atoms with E-state index < -0.39 is 0 Å². The molecule has 0 saturated carbocycles. The van der Waals surface area contributed by atoms with E-state index in [-0.39, 0.29) is 12.1 Å². The van der Waals surface area contributed by atoms with E-state index >= 15 is 0 Å². The number of fused-ring (bicyclic) bond motifs is 1. The molecule has 23 heavy (non-hydrogen) atoms. The summed E-state index contributed by atoms with van der Waals surface area (Å²) < 4.78 is 0. The van der Waals surface area contributed by atoms with Crippen LogP contribution in [0.2, 0.25) is 0 Å². The summed E-state index contributed by atoms with van der Waals surface area (Å²) in [6.45, 7) is 5.12. The molecule has 126 valence electrons. The van der Waals surface area contributed by atoms with Gasteiger partial charge in [0.2, 0.25) is 0 Å². The molecule has 0 radical (unpaired) electrons. The zero-order chi connectivity index (χ0) is 15.8. The summed E-state index contributed by atoms with van der Waals surface area (Å²) in [4.78, 5) is 11.6. The van der Waals surface area contributed by atoms with Crippen molar-refractivity contribution in [1.29, 1.82) is 0 Å². The highest BCUT2D eigenvalue weighted by Crippen LogP contribution is 2.31. The summed E-state index contributed by atoms with van der Waals surface area (Å²) in [5, 5.41) is 3.62. The second kappa shape index (κ2) is 6.32. The maximum atomic E-state index is 6.10. The number of hydrogen-bond acceptors (Lipinski definition) is 7. The number of aromatic nitrogens is 2. The van der Waals surface area contributed by atoms with Gasteiger partial charge in [0.25, 0.3) is 0 Å². The number of hydrogen-bond donors (Lipinski definition) is 4. The SMILES string of the molecule is CC1NNC2CNC(c3cncc(N4CCC[C@H](N)C4)n3)CC12. The molecule has 3 fully saturated rings. The van der Waals surface area contributed by atoms with Crippen molar-refractivity contribution >= 4 is 5.82 Å². The third-order valence-electron chi connectivity index (χ3n) is 5.53. The largest absolute Gasteiger partial charge is 0.354 e. The van der Waals surface area contributed by atoms with Gasteiger partial charge in [0.05, 0.1) is 24.1 Å². The summed E-state index contributed by atoms with van der Waals surface area (Å²) in [5.41, 5.74) is 13.9. The van der Waals surface area contributed by atoms with E-state index in [1.165, 1.54) is 0 Å². The molecule has 4 rings (SSSR count). The standard InChI is InChI=1S/C16H27N7/c1-10-12-5-13(19-7-14(12)22-21-10)15-6-18-8-16(20-15)23-4-2-3-11(17)9-23/h6,8,10-14,19,21-22H,2-5,7,9,17H2,1H3/t10?,11-,12?,13?,14?/m0/s1. The van der Waals surface area contributed by atoms with E-state index in [9.17, 15) is 0 Å². The van der Waals surface area contributed by atoms with Crippen molar-refractivity contribution < 1.29 is 0 Å². The Balaban J connectivity index is 1.50. The summed E-state index contributed by atoms with van der Waals surface area (Å²) in [5.74, 6) is 1.60. The molecular formula is C16H27N7. The Morgan fingerprint density at radius 3 is 3.09 bits per heavy atom. The van der Waals surface area contributed by atoms with Crippen LogP contribution < -0.4 is 26.8 Å². The molecule has 7 heteroatoms. The lowest BCUT2D eigenvalue weighted by atomic mass is 9.84.